The molecule has 1 aliphatic heterocycles. The Morgan fingerprint density at radius 1 is 1.44 bits per heavy atom. The summed E-state index contributed by atoms with van der Waals surface area (Å²) in [5.74, 6) is 0.127. The van der Waals surface area contributed by atoms with Crippen LogP contribution in [0.15, 0.2) is 0 Å². The molecule has 0 atom stereocenters. The maximum atomic E-state index is 11.8. The molecule has 1 aromatic heterocycles. The second-order valence-electron chi connectivity index (χ2n) is 4.73. The number of ether oxygens (including phenoxy) is 1. The van der Waals surface area contributed by atoms with Gasteiger partial charge in [0, 0.05) is 4.88 Å². The topological polar surface area (TPSA) is 51.2 Å². The minimum absolute atomic E-state index is 0.127. The first kappa shape index (κ1) is 13.6. The van der Waals surface area contributed by atoms with Crippen LogP contribution in [-0.4, -0.2) is 36.6 Å². The van der Waals surface area contributed by atoms with Crippen molar-refractivity contribution in [2.24, 2.45) is 0 Å². The van der Waals surface area contributed by atoms with Crippen LogP contribution < -0.4 is 5.32 Å². The zero-order valence-corrected chi connectivity index (χ0v) is 11.8. The van der Waals surface area contributed by atoms with Crippen molar-refractivity contribution in [3.05, 3.63) is 15.6 Å². The standard InChI is InChI=1S/C13H20N2O2S/c1-9-10(2)18-13(15-9)7-11(16)8-17-12-3-5-14-6-4-12/h12,14H,3-8H2,1-2H3. The molecule has 1 N–H and O–H groups in total. The van der Waals surface area contributed by atoms with E-state index < -0.39 is 0 Å². The molecule has 0 saturated carbocycles. The van der Waals surface area contributed by atoms with E-state index in [-0.39, 0.29) is 18.5 Å². The van der Waals surface area contributed by atoms with Gasteiger partial charge in [-0.25, -0.2) is 4.98 Å². The molecule has 0 radical (unpaired) electrons. The van der Waals surface area contributed by atoms with Crippen molar-refractivity contribution >= 4 is 17.1 Å². The van der Waals surface area contributed by atoms with Gasteiger partial charge in [0.05, 0.1) is 18.2 Å². The smallest absolute Gasteiger partial charge is 0.165 e. The summed E-state index contributed by atoms with van der Waals surface area (Å²) in [5, 5.41) is 4.18. The van der Waals surface area contributed by atoms with Crippen molar-refractivity contribution < 1.29 is 9.53 Å². The van der Waals surface area contributed by atoms with Crippen LogP contribution in [0.2, 0.25) is 0 Å². The first-order valence-electron chi connectivity index (χ1n) is 6.42. The number of hydrogen-bond acceptors (Lipinski definition) is 5. The Hall–Kier alpha value is -0.780. The highest BCUT2D eigenvalue weighted by atomic mass is 32.1. The van der Waals surface area contributed by atoms with E-state index in [0.29, 0.717) is 6.42 Å². The number of thiazole rings is 1. The lowest BCUT2D eigenvalue weighted by Gasteiger charge is -2.22. The zero-order chi connectivity index (χ0) is 13.0. The van der Waals surface area contributed by atoms with E-state index in [1.54, 1.807) is 11.3 Å². The highest BCUT2D eigenvalue weighted by Gasteiger charge is 2.16. The first-order valence-corrected chi connectivity index (χ1v) is 7.23. The van der Waals surface area contributed by atoms with Gasteiger partial charge in [-0.3, -0.25) is 4.79 Å². The number of ketones is 1. The third-order valence-corrected chi connectivity index (χ3v) is 4.26. The number of Topliss-reactive ketones (excluding diaryl/α,β-unsaturated/α-hetero) is 1. The second-order valence-corrected chi connectivity index (χ2v) is 6.01. The maximum Gasteiger partial charge on any atom is 0.165 e. The van der Waals surface area contributed by atoms with E-state index in [9.17, 15) is 4.79 Å². The number of nitrogens with one attached hydrogen (secondary N) is 1. The molecule has 18 heavy (non-hydrogen) atoms. The number of carbonyl (C=O) groups excluding carboxylic acids is 1. The Labute approximate surface area is 112 Å². The Balaban J connectivity index is 1.74. The summed E-state index contributed by atoms with van der Waals surface area (Å²) in [5.41, 5.74) is 1.03. The molecule has 1 fully saturated rings. The van der Waals surface area contributed by atoms with Crippen molar-refractivity contribution in [2.45, 2.75) is 39.2 Å². The molecule has 1 aliphatic rings. The van der Waals surface area contributed by atoms with E-state index >= 15 is 0 Å². The number of hydrogen-bond donors (Lipinski definition) is 1. The number of aromatic nitrogens is 1. The van der Waals surface area contributed by atoms with Crippen LogP contribution >= 0.6 is 11.3 Å². The van der Waals surface area contributed by atoms with Gasteiger partial charge in [-0.1, -0.05) is 0 Å². The third-order valence-electron chi connectivity index (χ3n) is 3.19. The lowest BCUT2D eigenvalue weighted by Crippen LogP contribution is -2.33. The van der Waals surface area contributed by atoms with E-state index in [1.165, 1.54) is 4.88 Å². The predicted octanol–water partition coefficient (Wildman–Crippen LogP) is 1.64. The van der Waals surface area contributed by atoms with Crippen molar-refractivity contribution in [3.8, 4) is 0 Å². The number of nitrogens with zero attached hydrogens (tertiary/aromatic N) is 1. The summed E-state index contributed by atoms with van der Waals surface area (Å²) < 4.78 is 5.64. The van der Waals surface area contributed by atoms with Gasteiger partial charge in [-0.05, 0) is 39.8 Å². The second kappa shape index (κ2) is 6.41. The largest absolute Gasteiger partial charge is 0.370 e. The van der Waals surface area contributed by atoms with Crippen LogP contribution in [0.5, 0.6) is 0 Å². The Morgan fingerprint density at radius 3 is 2.78 bits per heavy atom. The maximum absolute atomic E-state index is 11.8. The predicted molar refractivity (Wildman–Crippen MR) is 72.1 cm³/mol. The number of piperidine rings is 1. The quantitative estimate of drug-likeness (QED) is 0.882. The van der Waals surface area contributed by atoms with Crippen LogP contribution in [0.3, 0.4) is 0 Å². The van der Waals surface area contributed by atoms with Crippen LogP contribution in [0.4, 0.5) is 0 Å². The first-order chi connectivity index (χ1) is 8.65. The molecule has 2 rings (SSSR count). The minimum atomic E-state index is 0.127. The van der Waals surface area contributed by atoms with Crippen molar-refractivity contribution in [3.63, 3.8) is 0 Å². The van der Waals surface area contributed by atoms with Gasteiger partial charge in [0.15, 0.2) is 5.78 Å². The van der Waals surface area contributed by atoms with E-state index in [0.717, 1.165) is 36.6 Å². The molecular formula is C13H20N2O2S. The van der Waals surface area contributed by atoms with Crippen LogP contribution in [0.25, 0.3) is 0 Å². The lowest BCUT2D eigenvalue weighted by atomic mass is 10.1. The molecule has 0 unspecified atom stereocenters. The SMILES string of the molecule is Cc1nc(CC(=O)COC2CCNCC2)sc1C. The van der Waals surface area contributed by atoms with Crippen LogP contribution in [-0.2, 0) is 16.0 Å². The highest BCUT2D eigenvalue weighted by Crippen LogP contribution is 2.17. The van der Waals surface area contributed by atoms with Gasteiger partial charge >= 0.3 is 0 Å². The average Bonchev–Trinajstić information content (AvgIpc) is 2.67. The van der Waals surface area contributed by atoms with E-state index in [4.69, 9.17) is 4.74 Å². The van der Waals surface area contributed by atoms with Crippen LogP contribution in [0, 0.1) is 13.8 Å². The molecule has 0 aromatic carbocycles. The normalized spacial score (nSPS) is 17.0. The fourth-order valence-corrected chi connectivity index (χ4v) is 2.97. The van der Waals surface area contributed by atoms with Gasteiger partial charge in [-0.2, -0.15) is 0 Å². The van der Waals surface area contributed by atoms with Gasteiger partial charge in [0.2, 0.25) is 0 Å². The fourth-order valence-electron chi connectivity index (χ4n) is 2.01. The molecule has 1 aromatic rings. The van der Waals surface area contributed by atoms with Gasteiger partial charge < -0.3 is 10.1 Å². The Morgan fingerprint density at radius 2 is 2.17 bits per heavy atom. The Bertz CT molecular complexity index is 392. The molecule has 0 amide bonds. The number of carbonyl (C=O) groups is 1. The van der Waals surface area contributed by atoms with Crippen molar-refractivity contribution in [1.82, 2.24) is 10.3 Å². The summed E-state index contributed by atoms with van der Waals surface area (Å²) in [7, 11) is 0. The molecule has 0 aliphatic carbocycles. The molecular weight excluding hydrogens is 248 g/mol. The van der Waals surface area contributed by atoms with Crippen molar-refractivity contribution in [1.29, 1.82) is 0 Å². The van der Waals surface area contributed by atoms with Gasteiger partial charge in [-0.15, -0.1) is 11.3 Å². The Kier molecular flexibility index (Phi) is 4.86. The zero-order valence-electron chi connectivity index (χ0n) is 11.0. The van der Waals surface area contributed by atoms with E-state index in [1.807, 2.05) is 13.8 Å². The summed E-state index contributed by atoms with van der Waals surface area (Å²) in [6.07, 6.45) is 2.66. The number of rotatable bonds is 5. The minimum Gasteiger partial charge on any atom is -0.370 e. The fraction of sp³-hybridized carbons (Fsp3) is 0.692. The van der Waals surface area contributed by atoms with E-state index in [2.05, 4.69) is 10.3 Å². The monoisotopic (exact) mass is 268 g/mol. The third kappa shape index (κ3) is 3.86. The van der Waals surface area contributed by atoms with Crippen molar-refractivity contribution in [2.75, 3.05) is 19.7 Å². The summed E-state index contributed by atoms with van der Waals surface area (Å²) in [6.45, 7) is 6.22. The highest BCUT2D eigenvalue weighted by molar-refractivity contribution is 7.11. The molecule has 4 nitrogen and oxygen atoms in total. The molecule has 1 saturated heterocycles. The molecule has 0 bridgehead atoms. The molecule has 100 valence electrons. The van der Waals surface area contributed by atoms with Crippen LogP contribution in [0.1, 0.15) is 28.4 Å². The average molecular weight is 268 g/mol. The lowest BCUT2D eigenvalue weighted by molar-refractivity contribution is -0.125. The number of aryl methyl sites for hydroxylation is 2. The summed E-state index contributed by atoms with van der Waals surface area (Å²) in [4.78, 5) is 17.4. The molecule has 2 heterocycles. The summed E-state index contributed by atoms with van der Waals surface area (Å²) >= 11 is 1.61. The van der Waals surface area contributed by atoms with Gasteiger partial charge in [0.25, 0.3) is 0 Å². The molecule has 0 spiro atoms. The molecule has 5 heteroatoms. The van der Waals surface area contributed by atoms with Gasteiger partial charge in [0.1, 0.15) is 11.6 Å². The summed E-state index contributed by atoms with van der Waals surface area (Å²) in [6, 6.07) is 0.